The van der Waals surface area contributed by atoms with E-state index in [-0.39, 0.29) is 22.7 Å². The number of non-ortho nitro benzene ring substituents is 1. The van der Waals surface area contributed by atoms with Gasteiger partial charge in [0.05, 0.1) is 16.2 Å². The van der Waals surface area contributed by atoms with Gasteiger partial charge in [-0.25, -0.2) is 0 Å². The number of hydrogen-bond acceptors (Lipinski definition) is 6. The maximum Gasteiger partial charge on any atom is 0.271 e. The lowest BCUT2D eigenvalue weighted by Gasteiger charge is -2.13. The SMILES string of the molecule is CCCCCCn1c(O)c(C=Nc2ccc([N+](=O)[O-])cc2)c(C)c(C#N)c1=O. The number of unbranched alkanes of at least 4 members (excludes halogenated alkanes) is 3. The Morgan fingerprint density at radius 1 is 1.29 bits per heavy atom. The summed E-state index contributed by atoms with van der Waals surface area (Å²) in [4.78, 5) is 26.9. The van der Waals surface area contributed by atoms with Crippen molar-refractivity contribution in [3.05, 3.63) is 61.4 Å². The summed E-state index contributed by atoms with van der Waals surface area (Å²) in [6, 6.07) is 7.52. The smallest absolute Gasteiger partial charge is 0.271 e. The predicted molar refractivity (Wildman–Crippen MR) is 106 cm³/mol. The van der Waals surface area contributed by atoms with E-state index in [0.29, 0.717) is 24.2 Å². The molecule has 28 heavy (non-hydrogen) atoms. The van der Waals surface area contributed by atoms with E-state index in [4.69, 9.17) is 0 Å². The first kappa shape index (κ1) is 20.8. The number of hydrogen-bond donors (Lipinski definition) is 1. The first-order valence-electron chi connectivity index (χ1n) is 9.05. The molecule has 0 bridgehead atoms. The highest BCUT2D eigenvalue weighted by atomic mass is 16.6. The molecule has 0 unspecified atom stereocenters. The van der Waals surface area contributed by atoms with Crippen molar-refractivity contribution in [1.82, 2.24) is 4.57 Å². The molecule has 0 aliphatic carbocycles. The second-order valence-electron chi connectivity index (χ2n) is 6.40. The molecule has 2 rings (SSSR count). The Bertz CT molecular complexity index is 985. The summed E-state index contributed by atoms with van der Waals surface area (Å²) in [5.74, 6) is -0.233. The molecular weight excluding hydrogens is 360 g/mol. The number of nitrogens with zero attached hydrogens (tertiary/aromatic N) is 4. The number of aromatic hydroxyl groups is 1. The highest BCUT2D eigenvalue weighted by molar-refractivity contribution is 5.87. The van der Waals surface area contributed by atoms with Crippen LogP contribution in [-0.2, 0) is 6.54 Å². The van der Waals surface area contributed by atoms with Gasteiger partial charge in [-0.2, -0.15) is 5.26 Å². The van der Waals surface area contributed by atoms with Crippen molar-refractivity contribution in [1.29, 1.82) is 5.26 Å². The Labute approximate surface area is 162 Å². The maximum absolute atomic E-state index is 12.5. The van der Waals surface area contributed by atoms with Gasteiger partial charge in [0.1, 0.15) is 11.6 Å². The van der Waals surface area contributed by atoms with E-state index in [9.17, 15) is 25.3 Å². The van der Waals surface area contributed by atoms with Crippen LogP contribution in [-0.4, -0.2) is 20.8 Å². The van der Waals surface area contributed by atoms with Gasteiger partial charge in [0, 0.05) is 24.9 Å². The molecule has 0 saturated heterocycles. The van der Waals surface area contributed by atoms with Gasteiger partial charge in [-0.1, -0.05) is 26.2 Å². The van der Waals surface area contributed by atoms with Crippen molar-refractivity contribution in [2.24, 2.45) is 4.99 Å². The fourth-order valence-electron chi connectivity index (χ4n) is 2.83. The molecule has 0 radical (unpaired) electrons. The van der Waals surface area contributed by atoms with Crippen molar-refractivity contribution >= 4 is 17.6 Å². The van der Waals surface area contributed by atoms with E-state index in [2.05, 4.69) is 11.9 Å². The Morgan fingerprint density at radius 3 is 2.54 bits per heavy atom. The number of aliphatic imine (C=N–C) groups is 1. The van der Waals surface area contributed by atoms with E-state index >= 15 is 0 Å². The molecule has 0 amide bonds. The number of aromatic nitrogens is 1. The highest BCUT2D eigenvalue weighted by Crippen LogP contribution is 2.23. The predicted octanol–water partition coefficient (Wildman–Crippen LogP) is 3.97. The van der Waals surface area contributed by atoms with E-state index in [1.165, 1.54) is 35.0 Å². The number of rotatable bonds is 8. The summed E-state index contributed by atoms with van der Waals surface area (Å²) in [5, 5.41) is 30.7. The molecule has 1 heterocycles. The first-order valence-corrected chi connectivity index (χ1v) is 9.05. The zero-order chi connectivity index (χ0) is 20.7. The zero-order valence-corrected chi connectivity index (χ0v) is 15.9. The van der Waals surface area contributed by atoms with Crippen LogP contribution in [0.3, 0.4) is 0 Å². The van der Waals surface area contributed by atoms with Crippen molar-refractivity contribution in [2.75, 3.05) is 0 Å². The third-order valence-corrected chi connectivity index (χ3v) is 4.48. The quantitative estimate of drug-likeness (QED) is 0.320. The minimum Gasteiger partial charge on any atom is -0.494 e. The molecule has 8 heteroatoms. The topological polar surface area (TPSA) is 122 Å². The fourth-order valence-corrected chi connectivity index (χ4v) is 2.83. The second kappa shape index (κ2) is 9.46. The van der Waals surface area contributed by atoms with Crippen LogP contribution in [0.25, 0.3) is 0 Å². The van der Waals surface area contributed by atoms with E-state index < -0.39 is 10.5 Å². The molecule has 0 fully saturated rings. The van der Waals surface area contributed by atoms with Crippen molar-refractivity contribution in [3.8, 4) is 11.9 Å². The molecule has 0 saturated carbocycles. The molecule has 1 aromatic heterocycles. The second-order valence-corrected chi connectivity index (χ2v) is 6.40. The first-order chi connectivity index (χ1) is 13.4. The van der Waals surface area contributed by atoms with Crippen LogP contribution in [0.15, 0.2) is 34.1 Å². The molecule has 0 spiro atoms. The highest BCUT2D eigenvalue weighted by Gasteiger charge is 2.17. The van der Waals surface area contributed by atoms with E-state index in [0.717, 1.165) is 19.3 Å². The largest absolute Gasteiger partial charge is 0.494 e. The summed E-state index contributed by atoms with van der Waals surface area (Å²) in [6.07, 6.45) is 5.08. The molecule has 1 N–H and O–H groups in total. The Hall–Kier alpha value is -3.47. The number of nitriles is 1. The van der Waals surface area contributed by atoms with E-state index in [1.807, 2.05) is 6.07 Å². The van der Waals surface area contributed by atoms with Gasteiger partial charge in [0.15, 0.2) is 0 Å². The van der Waals surface area contributed by atoms with Gasteiger partial charge in [-0.05, 0) is 31.0 Å². The van der Waals surface area contributed by atoms with Crippen molar-refractivity contribution in [3.63, 3.8) is 0 Å². The summed E-state index contributed by atoms with van der Waals surface area (Å²) < 4.78 is 1.21. The zero-order valence-electron chi connectivity index (χ0n) is 15.9. The Kier molecular flexibility index (Phi) is 7.04. The molecule has 146 valence electrons. The van der Waals surface area contributed by atoms with Crippen LogP contribution in [0.4, 0.5) is 11.4 Å². The third-order valence-electron chi connectivity index (χ3n) is 4.48. The molecular formula is C20H22N4O4. The lowest BCUT2D eigenvalue weighted by molar-refractivity contribution is -0.384. The Balaban J connectivity index is 2.40. The van der Waals surface area contributed by atoms with Crippen LogP contribution >= 0.6 is 0 Å². The van der Waals surface area contributed by atoms with E-state index in [1.54, 1.807) is 6.92 Å². The summed E-state index contributed by atoms with van der Waals surface area (Å²) >= 11 is 0. The molecule has 0 atom stereocenters. The lowest BCUT2D eigenvalue weighted by Crippen LogP contribution is -2.25. The standard InChI is InChI=1S/C20H22N4O4/c1-3-4-5-6-11-23-19(25)17(12-21)14(2)18(20(23)26)13-22-15-7-9-16(10-8-15)24(27)28/h7-10,13,26H,3-6,11H2,1-2H3. The average molecular weight is 382 g/mol. The van der Waals surface area contributed by atoms with Gasteiger partial charge in [0.2, 0.25) is 5.88 Å². The van der Waals surface area contributed by atoms with Crippen LogP contribution < -0.4 is 5.56 Å². The lowest BCUT2D eigenvalue weighted by atomic mass is 10.1. The summed E-state index contributed by atoms with van der Waals surface area (Å²) in [6.45, 7) is 3.98. The number of pyridine rings is 1. The van der Waals surface area contributed by atoms with Crippen LogP contribution in [0, 0.1) is 28.4 Å². The molecule has 8 nitrogen and oxygen atoms in total. The van der Waals surface area contributed by atoms with Gasteiger partial charge in [0.25, 0.3) is 11.2 Å². The third kappa shape index (κ3) is 4.62. The van der Waals surface area contributed by atoms with Crippen molar-refractivity contribution < 1.29 is 10.0 Å². The normalized spacial score (nSPS) is 10.9. The van der Waals surface area contributed by atoms with Crippen LogP contribution in [0.1, 0.15) is 49.3 Å². The number of benzene rings is 1. The number of nitro benzene ring substituents is 1. The number of nitro groups is 1. The van der Waals surface area contributed by atoms with Crippen LogP contribution in [0.5, 0.6) is 5.88 Å². The van der Waals surface area contributed by atoms with Gasteiger partial charge >= 0.3 is 0 Å². The van der Waals surface area contributed by atoms with Crippen molar-refractivity contribution in [2.45, 2.75) is 46.1 Å². The average Bonchev–Trinajstić information content (AvgIpc) is 2.68. The Morgan fingerprint density at radius 2 is 1.96 bits per heavy atom. The minimum absolute atomic E-state index is 0.0292. The summed E-state index contributed by atoms with van der Waals surface area (Å²) in [5.41, 5.74) is 0.486. The molecule has 0 aliphatic heterocycles. The molecule has 0 aliphatic rings. The minimum atomic E-state index is -0.513. The monoisotopic (exact) mass is 382 g/mol. The van der Waals surface area contributed by atoms with Gasteiger partial charge < -0.3 is 5.11 Å². The summed E-state index contributed by atoms with van der Waals surface area (Å²) in [7, 11) is 0. The maximum atomic E-state index is 12.5. The van der Waals surface area contributed by atoms with Gasteiger partial charge in [-0.3, -0.25) is 24.5 Å². The molecule has 2 aromatic rings. The van der Waals surface area contributed by atoms with Crippen LogP contribution in [0.2, 0.25) is 0 Å². The molecule has 1 aromatic carbocycles. The van der Waals surface area contributed by atoms with Gasteiger partial charge in [-0.15, -0.1) is 0 Å². The fraction of sp³-hybridized carbons (Fsp3) is 0.350.